The van der Waals surface area contributed by atoms with E-state index in [1.807, 2.05) is 0 Å². The number of halogens is 2. The molecule has 0 aliphatic rings. The van der Waals surface area contributed by atoms with Gasteiger partial charge in [0.05, 0.1) is 5.69 Å². The second-order valence-corrected chi connectivity index (χ2v) is 3.48. The van der Waals surface area contributed by atoms with E-state index in [1.165, 1.54) is 12.1 Å². The fourth-order valence-corrected chi connectivity index (χ4v) is 1.54. The summed E-state index contributed by atoms with van der Waals surface area (Å²) in [5.41, 5.74) is -3.54. The second-order valence-electron chi connectivity index (χ2n) is 3.48. The highest BCUT2D eigenvalue weighted by atomic mass is 19.1. The lowest BCUT2D eigenvalue weighted by Crippen LogP contribution is -2.31. The van der Waals surface area contributed by atoms with Crippen molar-refractivity contribution in [2.75, 3.05) is 0 Å². The molecule has 0 aliphatic heterocycles. The Bertz CT molecular complexity index is 817. The minimum absolute atomic E-state index is 0.304. The Labute approximate surface area is 103 Å². The molecule has 0 bridgehead atoms. The summed E-state index contributed by atoms with van der Waals surface area (Å²) < 4.78 is 27.0. The third-order valence-electron chi connectivity index (χ3n) is 2.38. The van der Waals surface area contributed by atoms with E-state index in [0.717, 1.165) is 12.1 Å². The van der Waals surface area contributed by atoms with Crippen molar-refractivity contribution in [1.82, 2.24) is 9.55 Å². The molecule has 1 heterocycles. The number of nitriles is 1. The zero-order chi connectivity index (χ0) is 14.2. The van der Waals surface area contributed by atoms with E-state index in [2.05, 4.69) is 0 Å². The van der Waals surface area contributed by atoms with Gasteiger partial charge in [0.15, 0.2) is 0 Å². The molecule has 19 heavy (non-hydrogen) atoms. The molecule has 0 saturated heterocycles. The molecular weight excluding hydrogens is 260 g/mol. The van der Waals surface area contributed by atoms with E-state index in [-0.39, 0.29) is 5.69 Å². The molecule has 2 aromatic rings. The van der Waals surface area contributed by atoms with Crippen LogP contribution in [-0.4, -0.2) is 14.7 Å². The van der Waals surface area contributed by atoms with Gasteiger partial charge in [0, 0.05) is 0 Å². The van der Waals surface area contributed by atoms with E-state index < -0.39 is 34.3 Å². The summed E-state index contributed by atoms with van der Waals surface area (Å²) in [5.74, 6) is -3.85. The molecule has 0 unspecified atom stereocenters. The van der Waals surface area contributed by atoms with Crippen LogP contribution in [0.5, 0.6) is 5.88 Å². The molecule has 2 rings (SSSR count). The highest BCUT2D eigenvalue weighted by Gasteiger charge is 2.18. The summed E-state index contributed by atoms with van der Waals surface area (Å²) in [6, 6.07) is 4.75. The van der Waals surface area contributed by atoms with Crippen molar-refractivity contribution in [3.05, 3.63) is 56.2 Å². The fraction of sp³-hybridized carbons (Fsp3) is 0. The maximum absolute atomic E-state index is 13.4. The van der Waals surface area contributed by atoms with Crippen LogP contribution in [0.2, 0.25) is 0 Å². The standard InChI is InChI=1S/C11H5F2N3O3/c12-6-2-1-3-7(5(6)4-14)16-10(18)8(13)9(17)15-11(16)19/h1-3,18H,(H,15,17,19). The van der Waals surface area contributed by atoms with Gasteiger partial charge in [-0.15, -0.1) is 0 Å². The molecular formula is C11H5F2N3O3. The number of nitrogens with one attached hydrogen (secondary N) is 1. The molecule has 0 spiro atoms. The van der Waals surface area contributed by atoms with Gasteiger partial charge in [-0.2, -0.15) is 9.65 Å². The predicted molar refractivity (Wildman–Crippen MR) is 59.0 cm³/mol. The lowest BCUT2D eigenvalue weighted by atomic mass is 10.2. The molecule has 0 radical (unpaired) electrons. The average molecular weight is 265 g/mol. The zero-order valence-electron chi connectivity index (χ0n) is 9.15. The first kappa shape index (κ1) is 12.5. The van der Waals surface area contributed by atoms with Crippen LogP contribution in [0.1, 0.15) is 5.56 Å². The number of hydrogen-bond donors (Lipinski definition) is 2. The summed E-state index contributed by atoms with van der Waals surface area (Å²) >= 11 is 0. The number of aromatic amines is 1. The third-order valence-corrected chi connectivity index (χ3v) is 2.38. The minimum atomic E-state index is -1.60. The van der Waals surface area contributed by atoms with Gasteiger partial charge < -0.3 is 5.11 Å². The molecule has 8 heteroatoms. The Kier molecular flexibility index (Phi) is 2.88. The normalized spacial score (nSPS) is 10.2. The predicted octanol–water partition coefficient (Wildman–Crippen LogP) is 0.381. The van der Waals surface area contributed by atoms with Gasteiger partial charge in [-0.25, -0.2) is 13.8 Å². The number of benzene rings is 1. The molecule has 0 fully saturated rings. The van der Waals surface area contributed by atoms with Crippen LogP contribution >= 0.6 is 0 Å². The highest BCUT2D eigenvalue weighted by molar-refractivity contribution is 5.50. The number of aromatic hydroxyl groups is 1. The molecule has 0 amide bonds. The molecule has 1 aromatic carbocycles. The van der Waals surface area contributed by atoms with Gasteiger partial charge in [0.2, 0.25) is 11.7 Å². The Morgan fingerprint density at radius 3 is 2.63 bits per heavy atom. The van der Waals surface area contributed by atoms with Gasteiger partial charge in [0.25, 0.3) is 5.56 Å². The first-order valence-corrected chi connectivity index (χ1v) is 4.90. The summed E-state index contributed by atoms with van der Waals surface area (Å²) in [7, 11) is 0. The molecule has 6 nitrogen and oxygen atoms in total. The lowest BCUT2D eigenvalue weighted by molar-refractivity contribution is 0.385. The Hall–Kier alpha value is -2.95. The van der Waals surface area contributed by atoms with E-state index in [1.54, 1.807) is 4.98 Å². The Balaban J connectivity index is 2.93. The van der Waals surface area contributed by atoms with Crippen molar-refractivity contribution in [1.29, 1.82) is 5.26 Å². The number of hydrogen-bond acceptors (Lipinski definition) is 4. The number of rotatable bonds is 1. The molecule has 2 N–H and O–H groups in total. The largest absolute Gasteiger partial charge is 0.492 e. The molecule has 96 valence electrons. The fourth-order valence-electron chi connectivity index (χ4n) is 1.54. The summed E-state index contributed by atoms with van der Waals surface area (Å²) in [6.07, 6.45) is 0. The number of H-pyrrole nitrogens is 1. The third kappa shape index (κ3) is 1.87. The van der Waals surface area contributed by atoms with Gasteiger partial charge in [-0.05, 0) is 12.1 Å². The monoisotopic (exact) mass is 265 g/mol. The van der Waals surface area contributed by atoms with Crippen LogP contribution in [-0.2, 0) is 0 Å². The van der Waals surface area contributed by atoms with Gasteiger partial charge in [0.1, 0.15) is 17.4 Å². The molecule has 1 aromatic heterocycles. The molecule has 0 saturated carbocycles. The SMILES string of the molecule is N#Cc1c(F)cccc1-n1c(O)c(F)c(=O)[nH]c1=O. The van der Waals surface area contributed by atoms with Gasteiger partial charge in [-0.1, -0.05) is 6.07 Å². The van der Waals surface area contributed by atoms with Crippen LogP contribution in [0.15, 0.2) is 27.8 Å². The maximum Gasteiger partial charge on any atom is 0.335 e. The first-order chi connectivity index (χ1) is 8.97. The van der Waals surface area contributed by atoms with E-state index in [4.69, 9.17) is 5.26 Å². The zero-order valence-corrected chi connectivity index (χ0v) is 9.15. The van der Waals surface area contributed by atoms with Crippen molar-refractivity contribution in [2.45, 2.75) is 0 Å². The number of aromatic nitrogens is 2. The summed E-state index contributed by atoms with van der Waals surface area (Å²) in [6.45, 7) is 0. The van der Waals surface area contributed by atoms with Crippen molar-refractivity contribution < 1.29 is 13.9 Å². The highest BCUT2D eigenvalue weighted by Crippen LogP contribution is 2.20. The van der Waals surface area contributed by atoms with E-state index in [9.17, 15) is 23.5 Å². The van der Waals surface area contributed by atoms with Crippen LogP contribution in [0, 0.1) is 23.0 Å². The summed E-state index contributed by atoms with van der Waals surface area (Å²) in [5, 5.41) is 18.3. The summed E-state index contributed by atoms with van der Waals surface area (Å²) in [4.78, 5) is 24.1. The molecule has 0 atom stereocenters. The second kappa shape index (κ2) is 4.38. The minimum Gasteiger partial charge on any atom is -0.492 e. The van der Waals surface area contributed by atoms with Crippen molar-refractivity contribution >= 4 is 0 Å². The van der Waals surface area contributed by atoms with Crippen LogP contribution in [0.3, 0.4) is 0 Å². The van der Waals surface area contributed by atoms with Crippen LogP contribution in [0.4, 0.5) is 8.78 Å². The van der Waals surface area contributed by atoms with Crippen LogP contribution < -0.4 is 11.2 Å². The smallest absolute Gasteiger partial charge is 0.335 e. The van der Waals surface area contributed by atoms with Crippen molar-refractivity contribution in [3.63, 3.8) is 0 Å². The van der Waals surface area contributed by atoms with Crippen molar-refractivity contribution in [3.8, 4) is 17.6 Å². The Morgan fingerprint density at radius 2 is 2.00 bits per heavy atom. The van der Waals surface area contributed by atoms with E-state index in [0.29, 0.717) is 4.57 Å². The van der Waals surface area contributed by atoms with Gasteiger partial charge in [-0.3, -0.25) is 9.78 Å². The first-order valence-electron chi connectivity index (χ1n) is 4.90. The Morgan fingerprint density at radius 1 is 1.32 bits per heavy atom. The van der Waals surface area contributed by atoms with Gasteiger partial charge >= 0.3 is 5.69 Å². The lowest BCUT2D eigenvalue weighted by Gasteiger charge is -2.09. The van der Waals surface area contributed by atoms with Crippen molar-refractivity contribution in [2.24, 2.45) is 0 Å². The van der Waals surface area contributed by atoms with E-state index >= 15 is 0 Å². The average Bonchev–Trinajstić information content (AvgIpc) is 2.36. The quantitative estimate of drug-likeness (QED) is 0.778. The number of nitrogens with zero attached hydrogens (tertiary/aromatic N) is 2. The molecule has 0 aliphatic carbocycles. The maximum atomic E-state index is 13.4. The van der Waals surface area contributed by atoms with Crippen LogP contribution in [0.25, 0.3) is 5.69 Å². The topological polar surface area (TPSA) is 98.9 Å².